The summed E-state index contributed by atoms with van der Waals surface area (Å²) < 4.78 is 0. The van der Waals surface area contributed by atoms with E-state index >= 15 is 0 Å². The van der Waals surface area contributed by atoms with Crippen LogP contribution in [0, 0.1) is 0 Å². The van der Waals surface area contributed by atoms with Crippen molar-refractivity contribution < 1.29 is 4.79 Å². The van der Waals surface area contributed by atoms with E-state index in [1.807, 2.05) is 30.3 Å². The number of nitrogens with zero attached hydrogens (tertiary/aromatic N) is 1. The summed E-state index contributed by atoms with van der Waals surface area (Å²) in [6.45, 7) is 0. The number of hydrogen-bond acceptors (Lipinski definition) is 2. The molecular weight excluding hydrogens is 216 g/mol. The molecule has 1 heterocycles. The molecule has 0 atom stereocenters. The molecule has 0 saturated carbocycles. The first-order valence-corrected chi connectivity index (χ1v) is 5.20. The van der Waals surface area contributed by atoms with E-state index in [0.717, 1.165) is 5.69 Å². The van der Waals surface area contributed by atoms with Crippen molar-refractivity contribution >= 4 is 11.6 Å². The Labute approximate surface area is 98.5 Å². The monoisotopic (exact) mass is 228 g/mol. The van der Waals surface area contributed by atoms with Crippen LogP contribution >= 0.6 is 0 Å². The SMILES string of the molecule is CN(C(=O)c1cc[nH]c(=O)c1)c1ccccc1. The Hall–Kier alpha value is -2.36. The average molecular weight is 228 g/mol. The maximum atomic E-state index is 12.1. The first kappa shape index (κ1) is 11.1. The van der Waals surface area contributed by atoms with Crippen molar-refractivity contribution in [2.45, 2.75) is 0 Å². The molecule has 0 bridgehead atoms. The Balaban J connectivity index is 2.30. The van der Waals surface area contributed by atoms with Crippen LogP contribution in [0.5, 0.6) is 0 Å². The van der Waals surface area contributed by atoms with Gasteiger partial charge in [-0.15, -0.1) is 0 Å². The molecule has 0 unspecified atom stereocenters. The predicted molar refractivity (Wildman–Crippen MR) is 66.2 cm³/mol. The van der Waals surface area contributed by atoms with Gasteiger partial charge in [-0.25, -0.2) is 0 Å². The number of anilines is 1. The van der Waals surface area contributed by atoms with Crippen LogP contribution in [0.3, 0.4) is 0 Å². The maximum absolute atomic E-state index is 12.1. The number of aromatic amines is 1. The fraction of sp³-hybridized carbons (Fsp3) is 0.0769. The second kappa shape index (κ2) is 4.65. The van der Waals surface area contributed by atoms with Crippen molar-refractivity contribution in [3.8, 4) is 0 Å². The number of nitrogens with one attached hydrogen (secondary N) is 1. The van der Waals surface area contributed by atoms with Gasteiger partial charge in [0, 0.05) is 30.6 Å². The largest absolute Gasteiger partial charge is 0.329 e. The van der Waals surface area contributed by atoms with Gasteiger partial charge in [-0.05, 0) is 18.2 Å². The molecule has 2 aromatic rings. The summed E-state index contributed by atoms with van der Waals surface area (Å²) in [4.78, 5) is 27.2. The lowest BCUT2D eigenvalue weighted by Gasteiger charge is -2.16. The molecule has 0 aliphatic carbocycles. The molecule has 0 saturated heterocycles. The van der Waals surface area contributed by atoms with Crippen LogP contribution < -0.4 is 10.5 Å². The lowest BCUT2D eigenvalue weighted by Crippen LogP contribution is -2.27. The molecule has 1 aromatic heterocycles. The Bertz CT molecular complexity index is 575. The smallest absolute Gasteiger partial charge is 0.258 e. The third-order valence-corrected chi connectivity index (χ3v) is 2.47. The number of hydrogen-bond donors (Lipinski definition) is 1. The summed E-state index contributed by atoms with van der Waals surface area (Å²) in [5.41, 5.74) is 0.884. The highest BCUT2D eigenvalue weighted by atomic mass is 16.2. The quantitative estimate of drug-likeness (QED) is 0.849. The van der Waals surface area contributed by atoms with Gasteiger partial charge in [-0.1, -0.05) is 18.2 Å². The molecule has 1 amide bonds. The van der Waals surface area contributed by atoms with Crippen LogP contribution in [0.25, 0.3) is 0 Å². The molecule has 2 rings (SSSR count). The molecule has 1 N–H and O–H groups in total. The summed E-state index contributed by atoms with van der Waals surface area (Å²) in [6, 6.07) is 12.2. The second-order valence-corrected chi connectivity index (χ2v) is 3.64. The molecule has 0 aliphatic heterocycles. The van der Waals surface area contributed by atoms with Crippen molar-refractivity contribution in [3.63, 3.8) is 0 Å². The predicted octanol–water partition coefficient (Wildman–Crippen LogP) is 1.65. The van der Waals surface area contributed by atoms with E-state index in [-0.39, 0.29) is 11.5 Å². The Morgan fingerprint density at radius 1 is 1.18 bits per heavy atom. The van der Waals surface area contributed by atoms with Crippen LogP contribution in [0.15, 0.2) is 53.5 Å². The van der Waals surface area contributed by atoms with Gasteiger partial charge in [0.2, 0.25) is 5.56 Å². The second-order valence-electron chi connectivity index (χ2n) is 3.64. The number of aromatic nitrogens is 1. The highest BCUT2D eigenvalue weighted by molar-refractivity contribution is 6.05. The van der Waals surface area contributed by atoms with E-state index in [4.69, 9.17) is 0 Å². The van der Waals surface area contributed by atoms with E-state index in [0.29, 0.717) is 5.56 Å². The first-order valence-electron chi connectivity index (χ1n) is 5.20. The first-order chi connectivity index (χ1) is 8.18. The topological polar surface area (TPSA) is 53.2 Å². The normalized spacial score (nSPS) is 9.94. The van der Waals surface area contributed by atoms with E-state index < -0.39 is 0 Å². The van der Waals surface area contributed by atoms with E-state index in [9.17, 15) is 9.59 Å². The minimum absolute atomic E-state index is 0.206. The number of carbonyl (C=O) groups is 1. The molecule has 4 heteroatoms. The van der Waals surface area contributed by atoms with Crippen LogP contribution in [0.4, 0.5) is 5.69 Å². The fourth-order valence-corrected chi connectivity index (χ4v) is 1.54. The number of rotatable bonds is 2. The van der Waals surface area contributed by atoms with Gasteiger partial charge in [-0.3, -0.25) is 9.59 Å². The van der Waals surface area contributed by atoms with Gasteiger partial charge in [0.25, 0.3) is 5.91 Å². The highest BCUT2D eigenvalue weighted by Gasteiger charge is 2.12. The zero-order valence-electron chi connectivity index (χ0n) is 9.38. The zero-order chi connectivity index (χ0) is 12.3. The highest BCUT2D eigenvalue weighted by Crippen LogP contribution is 2.13. The summed E-state index contributed by atoms with van der Waals surface area (Å²) in [5, 5.41) is 0. The summed E-state index contributed by atoms with van der Waals surface area (Å²) >= 11 is 0. The van der Waals surface area contributed by atoms with Gasteiger partial charge < -0.3 is 9.88 Å². The van der Waals surface area contributed by atoms with E-state index in [1.54, 1.807) is 13.1 Å². The van der Waals surface area contributed by atoms with Crippen molar-refractivity contribution in [2.75, 3.05) is 11.9 Å². The number of pyridine rings is 1. The third kappa shape index (κ3) is 2.42. The molecular formula is C13H12N2O2. The van der Waals surface area contributed by atoms with Crippen LogP contribution in [0.1, 0.15) is 10.4 Å². The van der Waals surface area contributed by atoms with Crippen LogP contribution in [-0.2, 0) is 0 Å². The third-order valence-electron chi connectivity index (χ3n) is 2.47. The zero-order valence-corrected chi connectivity index (χ0v) is 9.38. The van der Waals surface area contributed by atoms with Gasteiger partial charge in [-0.2, -0.15) is 0 Å². The average Bonchev–Trinajstić information content (AvgIpc) is 2.38. The Morgan fingerprint density at radius 2 is 1.88 bits per heavy atom. The number of H-pyrrole nitrogens is 1. The minimum atomic E-state index is -0.280. The fourth-order valence-electron chi connectivity index (χ4n) is 1.54. The van der Waals surface area contributed by atoms with Gasteiger partial charge in [0.15, 0.2) is 0 Å². The van der Waals surface area contributed by atoms with Crippen molar-refractivity contribution in [2.24, 2.45) is 0 Å². The van der Waals surface area contributed by atoms with Crippen molar-refractivity contribution in [1.82, 2.24) is 4.98 Å². The lowest BCUT2D eigenvalue weighted by molar-refractivity contribution is 0.0993. The molecule has 0 radical (unpaired) electrons. The molecule has 0 fully saturated rings. The summed E-state index contributed by atoms with van der Waals surface area (Å²) in [7, 11) is 1.68. The molecule has 1 aromatic carbocycles. The summed E-state index contributed by atoms with van der Waals surface area (Å²) in [6.07, 6.45) is 1.47. The number of para-hydroxylation sites is 1. The molecule has 17 heavy (non-hydrogen) atoms. The Kier molecular flexibility index (Phi) is 3.05. The van der Waals surface area contributed by atoms with E-state index in [1.165, 1.54) is 17.2 Å². The molecule has 0 aliphatic rings. The lowest BCUT2D eigenvalue weighted by atomic mass is 10.2. The molecule has 0 spiro atoms. The summed E-state index contributed by atoms with van der Waals surface area (Å²) in [5.74, 6) is -0.206. The van der Waals surface area contributed by atoms with Crippen LogP contribution in [0.2, 0.25) is 0 Å². The molecule has 86 valence electrons. The van der Waals surface area contributed by atoms with Gasteiger partial charge >= 0.3 is 0 Å². The minimum Gasteiger partial charge on any atom is -0.329 e. The number of benzene rings is 1. The number of amides is 1. The van der Waals surface area contributed by atoms with Gasteiger partial charge in [0.1, 0.15) is 0 Å². The van der Waals surface area contributed by atoms with E-state index in [2.05, 4.69) is 4.98 Å². The maximum Gasteiger partial charge on any atom is 0.258 e. The number of carbonyl (C=O) groups excluding carboxylic acids is 1. The standard InChI is InChI=1S/C13H12N2O2/c1-15(11-5-3-2-4-6-11)13(17)10-7-8-14-12(16)9-10/h2-9H,1H3,(H,14,16). The van der Waals surface area contributed by atoms with Crippen molar-refractivity contribution in [1.29, 1.82) is 0 Å². The molecule has 4 nitrogen and oxygen atoms in total. The van der Waals surface area contributed by atoms with Crippen molar-refractivity contribution in [3.05, 3.63) is 64.6 Å². The van der Waals surface area contributed by atoms with Crippen LogP contribution in [-0.4, -0.2) is 17.9 Å². The van der Waals surface area contributed by atoms with Gasteiger partial charge in [0.05, 0.1) is 0 Å². The Morgan fingerprint density at radius 3 is 2.53 bits per heavy atom.